The van der Waals surface area contributed by atoms with Gasteiger partial charge in [-0.25, -0.2) is 4.98 Å². The van der Waals surface area contributed by atoms with E-state index in [-0.39, 0.29) is 0 Å². The van der Waals surface area contributed by atoms with E-state index in [1.807, 2.05) is 6.20 Å². The third kappa shape index (κ3) is 2.21. The summed E-state index contributed by atoms with van der Waals surface area (Å²) in [6.45, 7) is 1.58. The van der Waals surface area contributed by atoms with Gasteiger partial charge in [0.15, 0.2) is 0 Å². The maximum Gasteiger partial charge on any atom is 0.146 e. The average Bonchev–Trinajstić information content (AvgIpc) is 3.01. The van der Waals surface area contributed by atoms with E-state index in [2.05, 4.69) is 21.9 Å². The van der Waals surface area contributed by atoms with Crippen molar-refractivity contribution in [3.63, 3.8) is 0 Å². The highest BCUT2D eigenvalue weighted by Gasteiger charge is 2.39. The van der Waals surface area contributed by atoms with Crippen LogP contribution in [0.5, 0.6) is 0 Å². The van der Waals surface area contributed by atoms with Crippen LogP contribution in [0.25, 0.3) is 0 Å². The minimum absolute atomic E-state index is 0.462. The Hall–Kier alpha value is -1.16. The van der Waals surface area contributed by atoms with Crippen LogP contribution in [0.2, 0.25) is 0 Å². The molecule has 2 saturated carbocycles. The van der Waals surface area contributed by atoms with E-state index in [1.165, 1.54) is 25.7 Å². The van der Waals surface area contributed by atoms with E-state index < -0.39 is 0 Å². The second kappa shape index (κ2) is 4.84. The molecule has 0 amide bonds. The van der Waals surface area contributed by atoms with Crippen molar-refractivity contribution in [3.05, 3.63) is 18.1 Å². The van der Waals surface area contributed by atoms with Gasteiger partial charge in [0, 0.05) is 20.1 Å². The van der Waals surface area contributed by atoms with Gasteiger partial charge in [-0.2, -0.15) is 0 Å². The molecule has 0 aromatic carbocycles. The lowest BCUT2D eigenvalue weighted by molar-refractivity contribution is 0.337. The zero-order chi connectivity index (χ0) is 12.5. The molecule has 1 heterocycles. The van der Waals surface area contributed by atoms with Crippen LogP contribution in [-0.2, 0) is 6.54 Å². The van der Waals surface area contributed by atoms with Gasteiger partial charge in [-0.05, 0) is 37.0 Å². The molecule has 2 aliphatic rings. The maximum atomic E-state index is 5.53. The van der Waals surface area contributed by atoms with E-state index in [4.69, 9.17) is 5.73 Å². The third-order valence-electron chi connectivity index (χ3n) is 4.68. The van der Waals surface area contributed by atoms with Crippen molar-refractivity contribution in [2.24, 2.45) is 23.5 Å². The normalized spacial score (nSPS) is 29.8. The highest BCUT2D eigenvalue weighted by molar-refractivity contribution is 5.34. The SMILES string of the molecule is CN(CC1CC2CCC1C2)c1cnc(CN)cn1. The van der Waals surface area contributed by atoms with Gasteiger partial charge in [0.05, 0.1) is 18.1 Å². The van der Waals surface area contributed by atoms with E-state index in [0.29, 0.717) is 6.54 Å². The van der Waals surface area contributed by atoms with Crippen LogP contribution in [0.15, 0.2) is 12.4 Å². The van der Waals surface area contributed by atoms with Gasteiger partial charge in [-0.1, -0.05) is 6.42 Å². The van der Waals surface area contributed by atoms with E-state index in [1.54, 1.807) is 6.20 Å². The van der Waals surface area contributed by atoms with Crippen LogP contribution in [0.1, 0.15) is 31.4 Å². The second-order valence-corrected chi connectivity index (χ2v) is 5.89. The molecule has 0 aliphatic heterocycles. The predicted molar refractivity (Wildman–Crippen MR) is 72.1 cm³/mol. The summed E-state index contributed by atoms with van der Waals surface area (Å²) in [4.78, 5) is 11.0. The van der Waals surface area contributed by atoms with Crippen molar-refractivity contribution in [2.45, 2.75) is 32.2 Å². The van der Waals surface area contributed by atoms with Crippen LogP contribution >= 0.6 is 0 Å². The standard InChI is InChI=1S/C14H22N4/c1-18(14-8-16-13(6-15)7-17-14)9-12-5-10-2-3-11(12)4-10/h7-8,10-12H,2-6,9,15H2,1H3. The predicted octanol–water partition coefficient (Wildman–Crippen LogP) is 1.81. The van der Waals surface area contributed by atoms with E-state index in [9.17, 15) is 0 Å². The first-order valence-corrected chi connectivity index (χ1v) is 6.98. The van der Waals surface area contributed by atoms with Crippen molar-refractivity contribution in [3.8, 4) is 0 Å². The lowest BCUT2D eigenvalue weighted by atomic mass is 9.88. The van der Waals surface area contributed by atoms with Crippen molar-refractivity contribution < 1.29 is 0 Å². The molecule has 2 N–H and O–H groups in total. The Morgan fingerprint density at radius 1 is 1.28 bits per heavy atom. The van der Waals surface area contributed by atoms with Crippen molar-refractivity contribution in [2.75, 3.05) is 18.5 Å². The van der Waals surface area contributed by atoms with Crippen LogP contribution in [-0.4, -0.2) is 23.6 Å². The zero-order valence-corrected chi connectivity index (χ0v) is 11.0. The van der Waals surface area contributed by atoms with Gasteiger partial charge in [-0.3, -0.25) is 4.98 Å². The highest BCUT2D eigenvalue weighted by atomic mass is 15.2. The number of aromatic nitrogens is 2. The van der Waals surface area contributed by atoms with Crippen molar-refractivity contribution in [1.82, 2.24) is 9.97 Å². The summed E-state index contributed by atoms with van der Waals surface area (Å²) in [5.74, 6) is 3.81. The van der Waals surface area contributed by atoms with Gasteiger partial charge >= 0.3 is 0 Å². The molecule has 18 heavy (non-hydrogen) atoms. The minimum atomic E-state index is 0.462. The Bertz CT molecular complexity index is 403. The summed E-state index contributed by atoms with van der Waals surface area (Å²) in [7, 11) is 2.12. The molecular formula is C14H22N4. The number of nitrogens with zero attached hydrogens (tertiary/aromatic N) is 3. The summed E-state index contributed by atoms with van der Waals surface area (Å²) in [5.41, 5.74) is 6.39. The molecule has 4 nitrogen and oxygen atoms in total. The van der Waals surface area contributed by atoms with Gasteiger partial charge < -0.3 is 10.6 Å². The molecule has 2 aliphatic carbocycles. The third-order valence-corrected chi connectivity index (χ3v) is 4.68. The van der Waals surface area contributed by atoms with Crippen LogP contribution in [0, 0.1) is 17.8 Å². The molecule has 1 aromatic heterocycles. The smallest absolute Gasteiger partial charge is 0.146 e. The second-order valence-electron chi connectivity index (χ2n) is 5.89. The molecule has 1 aromatic rings. The quantitative estimate of drug-likeness (QED) is 0.880. The largest absolute Gasteiger partial charge is 0.358 e. The summed E-state index contributed by atoms with van der Waals surface area (Å²) < 4.78 is 0. The van der Waals surface area contributed by atoms with E-state index >= 15 is 0 Å². The zero-order valence-electron chi connectivity index (χ0n) is 11.0. The molecular weight excluding hydrogens is 224 g/mol. The topological polar surface area (TPSA) is 55.0 Å². The first kappa shape index (κ1) is 11.9. The molecule has 98 valence electrons. The highest BCUT2D eigenvalue weighted by Crippen LogP contribution is 2.48. The lowest BCUT2D eigenvalue weighted by Gasteiger charge is -2.27. The number of rotatable bonds is 4. The molecule has 0 saturated heterocycles. The molecule has 2 bridgehead atoms. The fourth-order valence-corrected chi connectivity index (χ4v) is 3.70. The maximum absolute atomic E-state index is 5.53. The molecule has 2 fully saturated rings. The van der Waals surface area contributed by atoms with E-state index in [0.717, 1.165) is 35.8 Å². The first-order chi connectivity index (χ1) is 8.76. The fourth-order valence-electron chi connectivity index (χ4n) is 3.70. The molecule has 3 rings (SSSR count). The summed E-state index contributed by atoms with van der Waals surface area (Å²) in [6.07, 6.45) is 9.43. The van der Waals surface area contributed by atoms with Gasteiger partial charge in [0.25, 0.3) is 0 Å². The Kier molecular flexibility index (Phi) is 3.20. The van der Waals surface area contributed by atoms with Crippen molar-refractivity contribution in [1.29, 1.82) is 0 Å². The lowest BCUT2D eigenvalue weighted by Crippen LogP contribution is -2.29. The van der Waals surface area contributed by atoms with Gasteiger partial charge in [0.2, 0.25) is 0 Å². The fraction of sp³-hybridized carbons (Fsp3) is 0.714. The van der Waals surface area contributed by atoms with Crippen molar-refractivity contribution >= 4 is 5.82 Å². The number of hydrogen-bond donors (Lipinski definition) is 1. The Morgan fingerprint density at radius 3 is 2.72 bits per heavy atom. The van der Waals surface area contributed by atoms with Crippen LogP contribution < -0.4 is 10.6 Å². The molecule has 3 unspecified atom stereocenters. The minimum Gasteiger partial charge on any atom is -0.358 e. The van der Waals surface area contributed by atoms with Crippen LogP contribution in [0.3, 0.4) is 0 Å². The van der Waals surface area contributed by atoms with Crippen LogP contribution in [0.4, 0.5) is 5.82 Å². The molecule has 0 radical (unpaired) electrons. The summed E-state index contributed by atoms with van der Waals surface area (Å²) in [5, 5.41) is 0. The number of hydrogen-bond acceptors (Lipinski definition) is 4. The number of nitrogens with two attached hydrogens (primary N) is 1. The molecule has 4 heteroatoms. The number of fused-ring (bicyclic) bond motifs is 2. The average molecular weight is 246 g/mol. The Morgan fingerprint density at radius 2 is 2.17 bits per heavy atom. The summed E-state index contributed by atoms with van der Waals surface area (Å²) >= 11 is 0. The van der Waals surface area contributed by atoms with Gasteiger partial charge in [-0.15, -0.1) is 0 Å². The first-order valence-electron chi connectivity index (χ1n) is 6.98. The monoisotopic (exact) mass is 246 g/mol. The summed E-state index contributed by atoms with van der Waals surface area (Å²) in [6, 6.07) is 0. The Balaban J connectivity index is 1.62. The molecule has 3 atom stereocenters. The molecule has 0 spiro atoms. The Labute approximate surface area is 109 Å². The van der Waals surface area contributed by atoms with Gasteiger partial charge in [0.1, 0.15) is 5.82 Å². The number of anilines is 1.